The third-order valence-electron chi connectivity index (χ3n) is 5.10. The van der Waals surface area contributed by atoms with Crippen molar-refractivity contribution in [3.05, 3.63) is 0 Å². The van der Waals surface area contributed by atoms with Crippen molar-refractivity contribution in [1.29, 1.82) is 0 Å². The molecule has 1 heterocycles. The molecule has 0 aromatic heterocycles. The predicted octanol–water partition coefficient (Wildman–Crippen LogP) is 2.21. The van der Waals surface area contributed by atoms with Crippen LogP contribution in [0.3, 0.4) is 0 Å². The Balaban J connectivity index is 0.00000729. The summed E-state index contributed by atoms with van der Waals surface area (Å²) in [7, 11) is 0. The molecule has 1 unspecified atom stereocenters. The lowest BCUT2D eigenvalue weighted by atomic mass is 9.92. The first-order valence-corrected chi connectivity index (χ1v) is 10.8. The van der Waals surface area contributed by atoms with Crippen LogP contribution in [-0.2, 0) is 9.53 Å². The van der Waals surface area contributed by atoms with Gasteiger partial charge >= 0.3 is 0 Å². The number of ether oxygens (including phenoxy) is 1. The Morgan fingerprint density at radius 2 is 1.71 bits per heavy atom. The van der Waals surface area contributed by atoms with Crippen LogP contribution < -0.4 is 16.0 Å². The molecule has 0 saturated carbocycles. The Hall–Kier alpha value is -0.610. The molecule has 0 spiro atoms. The fourth-order valence-corrected chi connectivity index (χ4v) is 3.48. The first kappa shape index (κ1) is 27.4. The van der Waals surface area contributed by atoms with Gasteiger partial charge in [0.15, 0.2) is 5.96 Å². The van der Waals surface area contributed by atoms with Crippen LogP contribution in [0.5, 0.6) is 0 Å². The molecule has 3 N–H and O–H groups in total. The Morgan fingerprint density at radius 3 is 2.29 bits per heavy atom. The number of nitrogens with one attached hydrogen (secondary N) is 3. The zero-order chi connectivity index (χ0) is 19.9. The molecule has 8 heteroatoms. The molecule has 0 aromatic carbocycles. The van der Waals surface area contributed by atoms with Crippen LogP contribution in [0.15, 0.2) is 4.99 Å². The minimum Gasteiger partial charge on any atom is -0.379 e. The number of hydrogen-bond acceptors (Lipinski definition) is 4. The van der Waals surface area contributed by atoms with Gasteiger partial charge in [-0.2, -0.15) is 0 Å². The zero-order valence-corrected chi connectivity index (χ0v) is 20.6. The summed E-state index contributed by atoms with van der Waals surface area (Å²) in [5.41, 5.74) is 0. The van der Waals surface area contributed by atoms with Gasteiger partial charge in [-0.1, -0.05) is 33.6 Å². The highest BCUT2D eigenvalue weighted by Gasteiger charge is 2.26. The first-order valence-electron chi connectivity index (χ1n) is 10.8. The second-order valence-corrected chi connectivity index (χ2v) is 7.04. The summed E-state index contributed by atoms with van der Waals surface area (Å²) in [6.07, 6.45) is 3.75. The lowest BCUT2D eigenvalue weighted by Gasteiger charge is -2.38. The van der Waals surface area contributed by atoms with Gasteiger partial charge in [-0.15, -0.1) is 24.0 Å². The average molecular weight is 511 g/mol. The van der Waals surface area contributed by atoms with Crippen molar-refractivity contribution in [2.75, 3.05) is 52.5 Å². The molecular weight excluding hydrogens is 469 g/mol. The summed E-state index contributed by atoms with van der Waals surface area (Å²) < 4.78 is 5.52. The maximum atomic E-state index is 11.8. The van der Waals surface area contributed by atoms with E-state index in [1.165, 1.54) is 0 Å². The topological polar surface area (TPSA) is 78.0 Å². The van der Waals surface area contributed by atoms with Gasteiger partial charge in [-0.3, -0.25) is 14.7 Å². The fourth-order valence-electron chi connectivity index (χ4n) is 3.48. The number of nitrogens with zero attached hydrogens (tertiary/aromatic N) is 2. The molecule has 1 fully saturated rings. The number of morpholine rings is 1. The van der Waals surface area contributed by atoms with Gasteiger partial charge in [-0.05, 0) is 19.3 Å². The number of carbonyl (C=O) groups is 1. The summed E-state index contributed by atoms with van der Waals surface area (Å²) >= 11 is 0. The molecule has 0 bridgehead atoms. The maximum absolute atomic E-state index is 11.8. The van der Waals surface area contributed by atoms with E-state index >= 15 is 0 Å². The standard InChI is InChI=1S/C20H41N5O2.HI/c1-5-10-22-19(26)9-11-23-20(21-8-4)24-16-18(17(6-2)7-3)25-12-14-27-15-13-25;/h17-18H,5-16H2,1-4H3,(H,22,26)(H2,21,23,24);1H. The average Bonchev–Trinajstić information content (AvgIpc) is 2.70. The van der Waals surface area contributed by atoms with Crippen molar-refractivity contribution < 1.29 is 9.53 Å². The van der Waals surface area contributed by atoms with Crippen LogP contribution in [0.1, 0.15) is 53.4 Å². The second-order valence-electron chi connectivity index (χ2n) is 7.04. The Labute approximate surface area is 188 Å². The SMILES string of the molecule is CCCNC(=O)CCNC(=NCC(C(CC)CC)N1CCOCC1)NCC.I. The van der Waals surface area contributed by atoms with Crippen molar-refractivity contribution in [2.24, 2.45) is 10.9 Å². The van der Waals surface area contributed by atoms with Crippen LogP contribution >= 0.6 is 24.0 Å². The molecule has 28 heavy (non-hydrogen) atoms. The summed E-state index contributed by atoms with van der Waals surface area (Å²) in [5, 5.41) is 9.50. The summed E-state index contributed by atoms with van der Waals surface area (Å²) in [6.45, 7) is 15.1. The maximum Gasteiger partial charge on any atom is 0.221 e. The highest BCUT2D eigenvalue weighted by Crippen LogP contribution is 2.20. The monoisotopic (exact) mass is 511 g/mol. The van der Waals surface area contributed by atoms with Crippen LogP contribution in [0.4, 0.5) is 0 Å². The summed E-state index contributed by atoms with van der Waals surface area (Å²) in [5.74, 6) is 1.52. The fraction of sp³-hybridized carbons (Fsp3) is 0.900. The van der Waals surface area contributed by atoms with Crippen molar-refractivity contribution in [1.82, 2.24) is 20.9 Å². The molecule has 1 aliphatic rings. The molecule has 1 atom stereocenters. The van der Waals surface area contributed by atoms with Crippen molar-refractivity contribution >= 4 is 35.8 Å². The molecule has 166 valence electrons. The number of rotatable bonds is 12. The van der Waals surface area contributed by atoms with Crippen LogP contribution in [0.2, 0.25) is 0 Å². The van der Waals surface area contributed by atoms with Gasteiger partial charge in [0.1, 0.15) is 0 Å². The molecule has 1 aliphatic heterocycles. The van der Waals surface area contributed by atoms with E-state index in [1.807, 2.05) is 0 Å². The smallest absolute Gasteiger partial charge is 0.221 e. The van der Waals surface area contributed by atoms with E-state index in [-0.39, 0.29) is 29.9 Å². The Bertz CT molecular complexity index is 427. The summed E-state index contributed by atoms with van der Waals surface area (Å²) in [6, 6.07) is 0.437. The van der Waals surface area contributed by atoms with E-state index in [0.29, 0.717) is 24.9 Å². The molecular formula is C20H42IN5O2. The molecule has 1 saturated heterocycles. The van der Waals surface area contributed by atoms with E-state index in [9.17, 15) is 4.79 Å². The normalized spacial score (nSPS) is 16.4. The number of guanidine groups is 1. The largest absolute Gasteiger partial charge is 0.379 e. The number of aliphatic imine (C=N–C) groups is 1. The molecule has 1 amide bonds. The lowest BCUT2D eigenvalue weighted by molar-refractivity contribution is -0.120. The Kier molecular flexibility index (Phi) is 16.9. The van der Waals surface area contributed by atoms with Gasteiger partial charge in [-0.25, -0.2) is 0 Å². The van der Waals surface area contributed by atoms with Crippen LogP contribution in [0.25, 0.3) is 0 Å². The van der Waals surface area contributed by atoms with Crippen molar-refractivity contribution in [3.8, 4) is 0 Å². The minimum absolute atomic E-state index is 0. The van der Waals surface area contributed by atoms with Gasteiger partial charge < -0.3 is 20.7 Å². The van der Waals surface area contributed by atoms with Gasteiger partial charge in [0.25, 0.3) is 0 Å². The van der Waals surface area contributed by atoms with Crippen LogP contribution in [0, 0.1) is 5.92 Å². The number of amides is 1. The van der Waals surface area contributed by atoms with Crippen LogP contribution in [-0.4, -0.2) is 75.3 Å². The van der Waals surface area contributed by atoms with Gasteiger partial charge in [0, 0.05) is 45.2 Å². The Morgan fingerprint density at radius 1 is 1.04 bits per heavy atom. The predicted molar refractivity (Wildman–Crippen MR) is 128 cm³/mol. The molecule has 0 radical (unpaired) electrons. The zero-order valence-electron chi connectivity index (χ0n) is 18.3. The minimum atomic E-state index is 0. The third-order valence-corrected chi connectivity index (χ3v) is 5.10. The van der Waals surface area contributed by atoms with Gasteiger partial charge in [0.05, 0.1) is 19.8 Å². The molecule has 1 rings (SSSR count). The van der Waals surface area contributed by atoms with E-state index in [2.05, 4.69) is 48.5 Å². The van der Waals surface area contributed by atoms with Crippen molar-refractivity contribution in [2.45, 2.75) is 59.4 Å². The molecule has 0 aliphatic carbocycles. The van der Waals surface area contributed by atoms with E-state index in [4.69, 9.17) is 9.73 Å². The number of hydrogen-bond donors (Lipinski definition) is 3. The third kappa shape index (κ3) is 10.8. The molecule has 0 aromatic rings. The van der Waals surface area contributed by atoms with Gasteiger partial charge in [0.2, 0.25) is 5.91 Å². The van der Waals surface area contributed by atoms with E-state index in [0.717, 1.165) is 71.2 Å². The van der Waals surface area contributed by atoms with E-state index in [1.54, 1.807) is 0 Å². The summed E-state index contributed by atoms with van der Waals surface area (Å²) in [4.78, 5) is 19.1. The second kappa shape index (κ2) is 17.3. The van der Waals surface area contributed by atoms with Crippen molar-refractivity contribution in [3.63, 3.8) is 0 Å². The highest BCUT2D eigenvalue weighted by atomic mass is 127. The lowest BCUT2D eigenvalue weighted by Crippen LogP contribution is -2.49. The highest BCUT2D eigenvalue weighted by molar-refractivity contribution is 14.0. The number of halogens is 1. The first-order chi connectivity index (χ1) is 13.2. The molecule has 7 nitrogen and oxygen atoms in total. The van der Waals surface area contributed by atoms with E-state index < -0.39 is 0 Å². The quantitative estimate of drug-likeness (QED) is 0.213. The number of carbonyl (C=O) groups excluding carboxylic acids is 1.